The lowest BCUT2D eigenvalue weighted by molar-refractivity contribution is -0.120. The van der Waals surface area contributed by atoms with Crippen LogP contribution < -0.4 is 10.6 Å². The van der Waals surface area contributed by atoms with Crippen LogP contribution in [-0.4, -0.2) is 29.9 Å². The summed E-state index contributed by atoms with van der Waals surface area (Å²) in [6.07, 6.45) is 2.19. The molecule has 0 aliphatic carbocycles. The van der Waals surface area contributed by atoms with Gasteiger partial charge in [-0.15, -0.1) is 0 Å². The molecule has 0 aliphatic rings. The Kier molecular flexibility index (Phi) is 4.91. The molecule has 0 saturated heterocycles. The second-order valence-corrected chi connectivity index (χ2v) is 5.55. The van der Waals surface area contributed by atoms with E-state index in [1.807, 2.05) is 54.7 Å². The van der Waals surface area contributed by atoms with Gasteiger partial charge in [0.15, 0.2) is 0 Å². The van der Waals surface area contributed by atoms with E-state index in [9.17, 15) is 9.59 Å². The average Bonchev–Trinajstić information content (AvgIpc) is 3.07. The summed E-state index contributed by atoms with van der Waals surface area (Å²) in [6, 6.07) is 17.0. The number of amides is 2. The van der Waals surface area contributed by atoms with Gasteiger partial charge in [0.1, 0.15) is 0 Å². The van der Waals surface area contributed by atoms with Gasteiger partial charge in [0, 0.05) is 30.4 Å². The molecule has 0 saturated carbocycles. The van der Waals surface area contributed by atoms with Crippen molar-refractivity contribution in [2.45, 2.75) is 6.42 Å². The minimum absolute atomic E-state index is 0.0525. The predicted octanol–water partition coefficient (Wildman–Crippen LogP) is 2.26. The number of nitrogens with one attached hydrogen (secondary N) is 3. The first-order valence-corrected chi connectivity index (χ1v) is 7.88. The van der Waals surface area contributed by atoms with Gasteiger partial charge in [-0.05, 0) is 29.1 Å². The van der Waals surface area contributed by atoms with E-state index in [0.29, 0.717) is 25.1 Å². The van der Waals surface area contributed by atoms with E-state index in [1.165, 1.54) is 0 Å². The van der Waals surface area contributed by atoms with Crippen molar-refractivity contribution in [3.63, 3.8) is 0 Å². The quantitative estimate of drug-likeness (QED) is 0.609. The molecule has 1 aromatic heterocycles. The molecular formula is C19H19N3O2. The summed E-state index contributed by atoms with van der Waals surface area (Å²) in [6.45, 7) is 0.796. The van der Waals surface area contributed by atoms with Crippen molar-refractivity contribution in [3.05, 3.63) is 71.9 Å². The fourth-order valence-corrected chi connectivity index (χ4v) is 2.51. The van der Waals surface area contributed by atoms with Crippen molar-refractivity contribution in [2.24, 2.45) is 0 Å². The number of hydrogen-bond donors (Lipinski definition) is 3. The highest BCUT2D eigenvalue weighted by Gasteiger charge is 2.07. The van der Waals surface area contributed by atoms with Crippen molar-refractivity contribution in [1.82, 2.24) is 15.6 Å². The van der Waals surface area contributed by atoms with Crippen molar-refractivity contribution >= 4 is 22.7 Å². The van der Waals surface area contributed by atoms with Gasteiger partial charge in [-0.25, -0.2) is 0 Å². The van der Waals surface area contributed by atoms with Crippen LogP contribution >= 0.6 is 0 Å². The average molecular weight is 321 g/mol. The maximum Gasteiger partial charge on any atom is 0.251 e. The fraction of sp³-hybridized carbons (Fsp3) is 0.158. The molecule has 2 amide bonds. The molecule has 3 aromatic rings. The Balaban J connectivity index is 1.42. The molecule has 3 N–H and O–H groups in total. The zero-order chi connectivity index (χ0) is 16.8. The second-order valence-electron chi connectivity index (χ2n) is 5.55. The summed E-state index contributed by atoms with van der Waals surface area (Å²) in [5.41, 5.74) is 2.50. The Morgan fingerprint density at radius 2 is 1.71 bits per heavy atom. The van der Waals surface area contributed by atoms with Gasteiger partial charge in [-0.1, -0.05) is 36.4 Å². The zero-order valence-corrected chi connectivity index (χ0v) is 13.2. The highest BCUT2D eigenvalue weighted by atomic mass is 16.2. The van der Waals surface area contributed by atoms with Gasteiger partial charge in [0.25, 0.3) is 5.91 Å². The third-order valence-electron chi connectivity index (χ3n) is 3.76. The number of aromatic amines is 1. The van der Waals surface area contributed by atoms with Gasteiger partial charge in [0.05, 0.1) is 6.42 Å². The predicted molar refractivity (Wildman–Crippen MR) is 93.8 cm³/mol. The van der Waals surface area contributed by atoms with E-state index < -0.39 is 0 Å². The molecule has 0 bridgehead atoms. The molecule has 0 atom stereocenters. The van der Waals surface area contributed by atoms with Crippen LogP contribution in [0.4, 0.5) is 0 Å². The number of aromatic nitrogens is 1. The number of H-pyrrole nitrogens is 1. The van der Waals surface area contributed by atoms with Crippen molar-refractivity contribution < 1.29 is 9.59 Å². The number of carbonyl (C=O) groups excluding carboxylic acids is 2. The first kappa shape index (κ1) is 15.8. The lowest BCUT2D eigenvalue weighted by Crippen LogP contribution is -2.35. The Morgan fingerprint density at radius 1 is 0.917 bits per heavy atom. The third kappa shape index (κ3) is 4.01. The Hall–Kier alpha value is -3.08. The fourth-order valence-electron chi connectivity index (χ4n) is 2.51. The van der Waals surface area contributed by atoms with Crippen LogP contribution in [-0.2, 0) is 11.2 Å². The number of carbonyl (C=O) groups is 2. The van der Waals surface area contributed by atoms with Gasteiger partial charge in [0.2, 0.25) is 5.91 Å². The number of rotatable bonds is 6. The normalized spacial score (nSPS) is 10.5. The van der Waals surface area contributed by atoms with E-state index in [1.54, 1.807) is 6.07 Å². The molecule has 122 valence electrons. The van der Waals surface area contributed by atoms with E-state index in [4.69, 9.17) is 0 Å². The molecule has 2 aromatic carbocycles. The monoisotopic (exact) mass is 321 g/mol. The van der Waals surface area contributed by atoms with E-state index >= 15 is 0 Å². The van der Waals surface area contributed by atoms with Crippen LogP contribution in [0.25, 0.3) is 10.9 Å². The molecule has 0 unspecified atom stereocenters. The van der Waals surface area contributed by atoms with Crippen LogP contribution in [0.3, 0.4) is 0 Å². The Labute approximate surface area is 140 Å². The molecule has 1 heterocycles. The lowest BCUT2D eigenvalue weighted by Gasteiger charge is -2.07. The summed E-state index contributed by atoms with van der Waals surface area (Å²) in [4.78, 5) is 27.0. The van der Waals surface area contributed by atoms with E-state index in [0.717, 1.165) is 16.5 Å². The zero-order valence-electron chi connectivity index (χ0n) is 13.2. The van der Waals surface area contributed by atoms with Crippen LogP contribution in [0.5, 0.6) is 0 Å². The number of hydrogen-bond acceptors (Lipinski definition) is 2. The number of fused-ring (bicyclic) bond motifs is 1. The van der Waals surface area contributed by atoms with Crippen molar-refractivity contribution in [3.8, 4) is 0 Å². The first-order chi connectivity index (χ1) is 11.7. The van der Waals surface area contributed by atoms with Crippen LogP contribution in [0.1, 0.15) is 15.9 Å². The van der Waals surface area contributed by atoms with Crippen LogP contribution in [0, 0.1) is 0 Å². The summed E-state index contributed by atoms with van der Waals surface area (Å²) in [5, 5.41) is 6.68. The smallest absolute Gasteiger partial charge is 0.251 e. The lowest BCUT2D eigenvalue weighted by atomic mass is 10.1. The largest absolute Gasteiger partial charge is 0.361 e. The summed E-state index contributed by atoms with van der Waals surface area (Å²) >= 11 is 0. The first-order valence-electron chi connectivity index (χ1n) is 7.88. The molecule has 5 heteroatoms. The summed E-state index contributed by atoms with van der Waals surface area (Å²) in [5.74, 6) is -0.202. The summed E-state index contributed by atoms with van der Waals surface area (Å²) < 4.78 is 0. The standard InChI is InChI=1S/C19H19N3O2/c23-18(12-14-4-2-1-3-5-14)21-10-11-22-19(24)16-7-6-15-8-9-20-17(15)13-16/h1-9,13,20H,10-12H2,(H,21,23)(H,22,24). The number of benzene rings is 2. The molecule has 5 nitrogen and oxygen atoms in total. The molecular weight excluding hydrogens is 302 g/mol. The van der Waals surface area contributed by atoms with Crippen LogP contribution in [0.15, 0.2) is 60.8 Å². The minimum atomic E-state index is -0.149. The van der Waals surface area contributed by atoms with Gasteiger partial charge >= 0.3 is 0 Å². The molecule has 24 heavy (non-hydrogen) atoms. The van der Waals surface area contributed by atoms with E-state index in [-0.39, 0.29) is 11.8 Å². The molecule has 0 aliphatic heterocycles. The maximum absolute atomic E-state index is 12.1. The molecule has 0 radical (unpaired) electrons. The second kappa shape index (κ2) is 7.46. The van der Waals surface area contributed by atoms with Crippen LogP contribution in [0.2, 0.25) is 0 Å². The summed E-state index contributed by atoms with van der Waals surface area (Å²) in [7, 11) is 0. The third-order valence-corrected chi connectivity index (χ3v) is 3.76. The SMILES string of the molecule is O=C(Cc1ccccc1)NCCNC(=O)c1ccc2cc[nH]c2c1. The molecule has 0 fully saturated rings. The van der Waals surface area contributed by atoms with Crippen molar-refractivity contribution in [2.75, 3.05) is 13.1 Å². The Morgan fingerprint density at radius 3 is 2.54 bits per heavy atom. The highest BCUT2D eigenvalue weighted by molar-refractivity contribution is 5.97. The Bertz CT molecular complexity index is 840. The van der Waals surface area contributed by atoms with Gasteiger partial charge in [-0.3, -0.25) is 9.59 Å². The van der Waals surface area contributed by atoms with Gasteiger partial charge in [-0.2, -0.15) is 0 Å². The van der Waals surface area contributed by atoms with Crippen molar-refractivity contribution in [1.29, 1.82) is 0 Å². The minimum Gasteiger partial charge on any atom is -0.361 e. The molecule has 0 spiro atoms. The topological polar surface area (TPSA) is 74.0 Å². The molecule has 3 rings (SSSR count). The maximum atomic E-state index is 12.1. The van der Waals surface area contributed by atoms with Gasteiger partial charge < -0.3 is 15.6 Å². The highest BCUT2D eigenvalue weighted by Crippen LogP contribution is 2.13. The van der Waals surface area contributed by atoms with E-state index in [2.05, 4.69) is 15.6 Å².